The van der Waals surface area contributed by atoms with Crippen LogP contribution in [0.4, 0.5) is 0 Å². The van der Waals surface area contributed by atoms with Gasteiger partial charge in [-0.25, -0.2) is 4.79 Å². The molecular formula is C24H33N5O7. The third-order valence-corrected chi connectivity index (χ3v) is 5.71. The Labute approximate surface area is 208 Å². The molecule has 3 amide bonds. The summed E-state index contributed by atoms with van der Waals surface area (Å²) in [7, 11) is 0. The summed E-state index contributed by atoms with van der Waals surface area (Å²) in [6, 6.07) is 2.92. The van der Waals surface area contributed by atoms with Crippen molar-refractivity contribution < 1.29 is 34.2 Å². The van der Waals surface area contributed by atoms with Crippen LogP contribution >= 0.6 is 0 Å². The van der Waals surface area contributed by atoms with E-state index in [1.807, 2.05) is 24.3 Å². The van der Waals surface area contributed by atoms with Gasteiger partial charge in [0.25, 0.3) is 0 Å². The number of fused-ring (bicyclic) bond motifs is 1. The van der Waals surface area contributed by atoms with Crippen LogP contribution in [0.1, 0.15) is 39.2 Å². The number of hydrogen-bond acceptors (Lipinski definition) is 6. The van der Waals surface area contributed by atoms with Gasteiger partial charge in [-0.15, -0.1) is 0 Å². The van der Waals surface area contributed by atoms with Crippen LogP contribution in [0.2, 0.25) is 0 Å². The molecule has 36 heavy (non-hydrogen) atoms. The number of hydrogen-bond donors (Lipinski definition) is 7. The van der Waals surface area contributed by atoms with Crippen molar-refractivity contribution in [3.8, 4) is 0 Å². The molecule has 1 heterocycles. The normalized spacial score (nSPS) is 14.5. The molecule has 0 saturated heterocycles. The number of aliphatic carboxylic acids is 2. The number of carboxylic acid groups (broad SMARTS) is 2. The Kier molecular flexibility index (Phi) is 9.97. The van der Waals surface area contributed by atoms with E-state index in [0.717, 1.165) is 16.5 Å². The van der Waals surface area contributed by atoms with Gasteiger partial charge in [0.05, 0.1) is 6.04 Å². The lowest BCUT2D eigenvalue weighted by atomic mass is 10.0. The third-order valence-electron chi connectivity index (χ3n) is 5.71. The van der Waals surface area contributed by atoms with Gasteiger partial charge in [-0.3, -0.25) is 19.2 Å². The van der Waals surface area contributed by atoms with Gasteiger partial charge in [-0.1, -0.05) is 32.0 Å². The number of carboxylic acids is 2. The molecule has 0 saturated carbocycles. The number of nitrogens with one attached hydrogen (secondary N) is 4. The standard InChI is InChI=1S/C24H33N5O7/c1-12(2)20(24(35)36)29-21(32)13(3)27-23(34)18(8-9-19(30)31)28-22(33)16(25)10-14-11-26-17-7-5-4-6-15(14)17/h4-7,11-13,16,18,20,26H,8-10,25H2,1-3H3,(H,27,34)(H,28,33)(H,29,32)(H,30,31)(H,35,36). The maximum absolute atomic E-state index is 12.8. The molecule has 8 N–H and O–H groups in total. The minimum Gasteiger partial charge on any atom is -0.481 e. The Morgan fingerprint density at radius 1 is 0.944 bits per heavy atom. The number of aromatic nitrogens is 1. The Morgan fingerprint density at radius 3 is 2.22 bits per heavy atom. The van der Waals surface area contributed by atoms with E-state index in [0.29, 0.717) is 0 Å². The van der Waals surface area contributed by atoms with Crippen molar-refractivity contribution in [2.24, 2.45) is 11.7 Å². The topological polar surface area (TPSA) is 204 Å². The minimum atomic E-state index is -1.27. The highest BCUT2D eigenvalue weighted by Gasteiger charge is 2.29. The predicted molar refractivity (Wildman–Crippen MR) is 131 cm³/mol. The highest BCUT2D eigenvalue weighted by atomic mass is 16.4. The fourth-order valence-corrected chi connectivity index (χ4v) is 3.62. The van der Waals surface area contributed by atoms with E-state index < -0.39 is 66.2 Å². The van der Waals surface area contributed by atoms with Crippen molar-refractivity contribution in [2.75, 3.05) is 0 Å². The quantitative estimate of drug-likeness (QED) is 0.199. The number of benzene rings is 1. The van der Waals surface area contributed by atoms with Gasteiger partial charge < -0.3 is 36.9 Å². The van der Waals surface area contributed by atoms with Crippen LogP contribution in [0, 0.1) is 5.92 Å². The number of amides is 3. The van der Waals surface area contributed by atoms with Crippen LogP contribution in [-0.2, 0) is 30.4 Å². The summed E-state index contributed by atoms with van der Waals surface area (Å²) in [6.07, 6.45) is 1.28. The summed E-state index contributed by atoms with van der Waals surface area (Å²) >= 11 is 0. The zero-order valence-electron chi connectivity index (χ0n) is 20.4. The monoisotopic (exact) mass is 503 g/mol. The zero-order chi connectivity index (χ0) is 27.0. The van der Waals surface area contributed by atoms with Crippen LogP contribution in [0.5, 0.6) is 0 Å². The summed E-state index contributed by atoms with van der Waals surface area (Å²) < 4.78 is 0. The summed E-state index contributed by atoms with van der Waals surface area (Å²) in [5, 5.41) is 26.4. The lowest BCUT2D eigenvalue weighted by molar-refractivity contribution is -0.143. The van der Waals surface area contributed by atoms with E-state index in [4.69, 9.17) is 10.8 Å². The zero-order valence-corrected chi connectivity index (χ0v) is 20.4. The number of para-hydroxylation sites is 1. The largest absolute Gasteiger partial charge is 0.481 e. The van der Waals surface area contributed by atoms with E-state index >= 15 is 0 Å². The molecule has 0 radical (unpaired) electrons. The van der Waals surface area contributed by atoms with Gasteiger partial charge in [0.1, 0.15) is 18.1 Å². The number of H-pyrrole nitrogens is 1. The Hall–Kier alpha value is -3.93. The third kappa shape index (κ3) is 7.80. The first-order chi connectivity index (χ1) is 16.9. The number of carbonyl (C=O) groups is 5. The Morgan fingerprint density at radius 2 is 1.61 bits per heavy atom. The molecule has 0 spiro atoms. The molecule has 0 bridgehead atoms. The van der Waals surface area contributed by atoms with Gasteiger partial charge >= 0.3 is 11.9 Å². The van der Waals surface area contributed by atoms with Gasteiger partial charge in [-0.2, -0.15) is 0 Å². The second-order valence-electron chi connectivity index (χ2n) is 8.96. The Bertz CT molecular complexity index is 1110. The molecule has 4 atom stereocenters. The molecule has 2 rings (SSSR count). The average Bonchev–Trinajstić information content (AvgIpc) is 3.21. The lowest BCUT2D eigenvalue weighted by Gasteiger charge is -2.24. The fourth-order valence-electron chi connectivity index (χ4n) is 3.62. The summed E-state index contributed by atoms with van der Waals surface area (Å²) in [5.41, 5.74) is 7.76. The van der Waals surface area contributed by atoms with E-state index in [-0.39, 0.29) is 12.8 Å². The van der Waals surface area contributed by atoms with E-state index in [9.17, 15) is 29.1 Å². The summed E-state index contributed by atoms with van der Waals surface area (Å²) in [6.45, 7) is 4.60. The second-order valence-corrected chi connectivity index (χ2v) is 8.96. The van der Waals surface area contributed by atoms with Gasteiger partial charge in [0.2, 0.25) is 17.7 Å². The molecule has 1 aromatic heterocycles. The molecule has 2 aromatic rings. The van der Waals surface area contributed by atoms with E-state index in [1.165, 1.54) is 6.92 Å². The van der Waals surface area contributed by atoms with Gasteiger partial charge in [0.15, 0.2) is 0 Å². The smallest absolute Gasteiger partial charge is 0.326 e. The van der Waals surface area contributed by atoms with E-state index in [2.05, 4.69) is 20.9 Å². The highest BCUT2D eigenvalue weighted by molar-refractivity contribution is 5.94. The Balaban J connectivity index is 2.05. The minimum absolute atomic E-state index is 0.174. The molecule has 0 fully saturated rings. The molecule has 196 valence electrons. The maximum atomic E-state index is 12.8. The molecular weight excluding hydrogens is 470 g/mol. The first-order valence-corrected chi connectivity index (χ1v) is 11.6. The molecule has 0 aliphatic carbocycles. The number of aromatic amines is 1. The number of carbonyl (C=O) groups excluding carboxylic acids is 3. The molecule has 1 aromatic carbocycles. The molecule has 4 unspecified atom stereocenters. The van der Waals surface area contributed by atoms with Crippen molar-refractivity contribution in [1.82, 2.24) is 20.9 Å². The van der Waals surface area contributed by atoms with Gasteiger partial charge in [-0.05, 0) is 37.3 Å². The highest BCUT2D eigenvalue weighted by Crippen LogP contribution is 2.18. The first kappa shape index (κ1) is 28.3. The van der Waals surface area contributed by atoms with Crippen LogP contribution < -0.4 is 21.7 Å². The van der Waals surface area contributed by atoms with E-state index in [1.54, 1.807) is 20.0 Å². The van der Waals surface area contributed by atoms with Crippen molar-refractivity contribution in [2.45, 2.75) is 64.2 Å². The van der Waals surface area contributed by atoms with Crippen LogP contribution in [-0.4, -0.2) is 69.0 Å². The van der Waals surface area contributed by atoms with Crippen LogP contribution in [0.15, 0.2) is 30.5 Å². The molecule has 12 heteroatoms. The summed E-state index contributed by atoms with van der Waals surface area (Å²) in [4.78, 5) is 63.5. The lowest BCUT2D eigenvalue weighted by Crippen LogP contribution is -2.57. The predicted octanol–water partition coefficient (Wildman–Crippen LogP) is 0.117. The fraction of sp³-hybridized carbons (Fsp3) is 0.458. The van der Waals surface area contributed by atoms with Gasteiger partial charge in [0, 0.05) is 23.5 Å². The first-order valence-electron chi connectivity index (χ1n) is 11.6. The molecule has 12 nitrogen and oxygen atoms in total. The molecule has 0 aliphatic heterocycles. The number of rotatable bonds is 13. The summed E-state index contributed by atoms with van der Waals surface area (Å²) in [5.74, 6) is -4.96. The van der Waals surface area contributed by atoms with Crippen molar-refractivity contribution in [3.05, 3.63) is 36.0 Å². The van der Waals surface area contributed by atoms with Crippen LogP contribution in [0.3, 0.4) is 0 Å². The van der Waals surface area contributed by atoms with Crippen molar-refractivity contribution in [3.63, 3.8) is 0 Å². The average molecular weight is 504 g/mol. The maximum Gasteiger partial charge on any atom is 0.326 e. The van der Waals surface area contributed by atoms with Crippen molar-refractivity contribution >= 4 is 40.6 Å². The SMILES string of the molecule is CC(NC(=O)C(CCC(=O)O)NC(=O)C(N)Cc1c[nH]c2ccccc12)C(=O)NC(C(=O)O)C(C)C. The number of nitrogens with two attached hydrogens (primary N) is 1. The van der Waals surface area contributed by atoms with Crippen LogP contribution in [0.25, 0.3) is 10.9 Å². The van der Waals surface area contributed by atoms with Crippen molar-refractivity contribution in [1.29, 1.82) is 0 Å². The second kappa shape index (κ2) is 12.7. The molecule has 0 aliphatic rings.